The van der Waals surface area contributed by atoms with Gasteiger partial charge < -0.3 is 9.47 Å². The van der Waals surface area contributed by atoms with Crippen molar-refractivity contribution >= 4 is 17.5 Å². The van der Waals surface area contributed by atoms with Crippen LogP contribution in [-0.4, -0.2) is 26.9 Å². The van der Waals surface area contributed by atoms with Crippen LogP contribution in [-0.2, 0) is 11.5 Å². The van der Waals surface area contributed by atoms with Crippen LogP contribution in [0.4, 0.5) is 13.2 Å². The topological polar surface area (TPSA) is 38.1 Å². The fraction of sp³-hybridized carbons (Fsp3) is 0.286. The molecule has 0 bridgehead atoms. The minimum atomic E-state index is -1.51. The minimum absolute atomic E-state index is 0.00600. The number of hydrogen-bond donors (Lipinski definition) is 0. The summed E-state index contributed by atoms with van der Waals surface area (Å²) in [6.45, 7) is 0.384. The summed E-state index contributed by atoms with van der Waals surface area (Å²) in [6.07, 6.45) is 3.14. The second-order valence-electron chi connectivity index (χ2n) is 5.09. The highest BCUT2D eigenvalue weighted by molar-refractivity contribution is 6.28. The fourth-order valence-electron chi connectivity index (χ4n) is 2.57. The average Bonchev–Trinajstić information content (AvgIpc) is 3.04. The third kappa shape index (κ3) is 2.56. The summed E-state index contributed by atoms with van der Waals surface area (Å²) in [5.74, 6) is -4.72. The normalized spacial score (nSPS) is 18.3. The standard InChI is InChI=1S/C14H11ClF3N3O/c15-14-19-3-4-20(14)7-21-6-8(5-11(21)22)9-1-2-10(16)13(18)12(9)17/h1-4,8H,5-7H2. The molecule has 3 rings (SSSR count). The lowest BCUT2D eigenvalue weighted by Gasteiger charge is -2.18. The minimum Gasteiger partial charge on any atom is -0.324 e. The van der Waals surface area contributed by atoms with Crippen molar-refractivity contribution in [2.24, 2.45) is 0 Å². The number of aromatic nitrogens is 2. The molecule has 0 aliphatic carbocycles. The van der Waals surface area contributed by atoms with Gasteiger partial charge in [-0.05, 0) is 23.2 Å². The molecule has 2 heterocycles. The Morgan fingerprint density at radius 3 is 2.73 bits per heavy atom. The van der Waals surface area contributed by atoms with Crippen LogP contribution in [0.25, 0.3) is 0 Å². The molecule has 1 aliphatic rings. The van der Waals surface area contributed by atoms with Crippen LogP contribution in [0.2, 0.25) is 5.28 Å². The first kappa shape index (κ1) is 14.9. The van der Waals surface area contributed by atoms with Crippen LogP contribution in [0, 0.1) is 17.5 Å². The molecule has 8 heteroatoms. The summed E-state index contributed by atoms with van der Waals surface area (Å²) in [5, 5.41) is 0.232. The second-order valence-corrected chi connectivity index (χ2v) is 5.43. The molecule has 4 nitrogen and oxygen atoms in total. The smallest absolute Gasteiger partial charge is 0.224 e. The third-order valence-corrected chi connectivity index (χ3v) is 4.02. The number of halogens is 4. The number of carbonyl (C=O) groups excluding carboxylic acids is 1. The zero-order valence-electron chi connectivity index (χ0n) is 11.3. The predicted octanol–water partition coefficient (Wildman–Crippen LogP) is 2.93. The SMILES string of the molecule is O=C1CC(c2ccc(F)c(F)c2F)CN1Cn1ccnc1Cl. The van der Waals surface area contributed by atoms with Crippen LogP contribution in [0.3, 0.4) is 0 Å². The molecule has 2 aromatic rings. The molecule has 116 valence electrons. The molecule has 1 unspecified atom stereocenters. The van der Waals surface area contributed by atoms with Gasteiger partial charge in [-0.15, -0.1) is 0 Å². The highest BCUT2D eigenvalue weighted by Crippen LogP contribution is 2.31. The largest absolute Gasteiger partial charge is 0.324 e. The van der Waals surface area contributed by atoms with Crippen molar-refractivity contribution in [1.82, 2.24) is 14.5 Å². The van der Waals surface area contributed by atoms with Gasteiger partial charge in [-0.25, -0.2) is 18.2 Å². The Bertz CT molecular complexity index is 734. The lowest BCUT2D eigenvalue weighted by molar-refractivity contribution is -0.129. The lowest BCUT2D eigenvalue weighted by Crippen LogP contribution is -2.27. The van der Waals surface area contributed by atoms with E-state index in [-0.39, 0.29) is 36.4 Å². The van der Waals surface area contributed by atoms with E-state index in [0.29, 0.717) is 0 Å². The van der Waals surface area contributed by atoms with Crippen molar-refractivity contribution in [3.8, 4) is 0 Å². The molecule has 1 aromatic heterocycles. The number of rotatable bonds is 3. The van der Waals surface area contributed by atoms with Gasteiger partial charge in [0.25, 0.3) is 0 Å². The highest BCUT2D eigenvalue weighted by Gasteiger charge is 2.33. The molecule has 1 fully saturated rings. The Hall–Kier alpha value is -2.02. The first-order valence-corrected chi connectivity index (χ1v) is 6.93. The van der Waals surface area contributed by atoms with Gasteiger partial charge >= 0.3 is 0 Å². The summed E-state index contributed by atoms with van der Waals surface area (Å²) in [4.78, 5) is 17.3. The van der Waals surface area contributed by atoms with E-state index >= 15 is 0 Å². The average molecular weight is 330 g/mol. The molecule has 0 saturated carbocycles. The Morgan fingerprint density at radius 1 is 1.27 bits per heavy atom. The molecule has 1 amide bonds. The van der Waals surface area contributed by atoms with Gasteiger partial charge in [-0.3, -0.25) is 4.79 Å². The van der Waals surface area contributed by atoms with E-state index in [9.17, 15) is 18.0 Å². The molecule has 0 N–H and O–H groups in total. The Kier molecular flexibility index (Phi) is 3.82. The molecular weight excluding hydrogens is 319 g/mol. The first-order valence-electron chi connectivity index (χ1n) is 6.55. The van der Waals surface area contributed by atoms with Crippen molar-refractivity contribution in [3.63, 3.8) is 0 Å². The van der Waals surface area contributed by atoms with Crippen molar-refractivity contribution < 1.29 is 18.0 Å². The zero-order valence-corrected chi connectivity index (χ0v) is 12.0. The number of carbonyl (C=O) groups is 1. The molecule has 1 saturated heterocycles. The molecule has 1 aromatic carbocycles. The first-order chi connectivity index (χ1) is 10.5. The van der Waals surface area contributed by atoms with Crippen molar-refractivity contribution in [2.75, 3.05) is 6.54 Å². The number of hydrogen-bond acceptors (Lipinski definition) is 2. The second kappa shape index (κ2) is 5.64. The Morgan fingerprint density at radius 2 is 2.05 bits per heavy atom. The zero-order chi connectivity index (χ0) is 15.9. The van der Waals surface area contributed by atoms with Gasteiger partial charge in [0.15, 0.2) is 17.5 Å². The molecule has 1 aliphatic heterocycles. The maximum atomic E-state index is 13.8. The number of amides is 1. The quantitative estimate of drug-likeness (QED) is 0.812. The summed E-state index contributed by atoms with van der Waals surface area (Å²) in [7, 11) is 0. The van der Waals surface area contributed by atoms with E-state index in [1.54, 1.807) is 10.8 Å². The van der Waals surface area contributed by atoms with Crippen LogP contribution in [0.15, 0.2) is 24.5 Å². The maximum Gasteiger partial charge on any atom is 0.224 e. The summed E-state index contributed by atoms with van der Waals surface area (Å²) >= 11 is 5.85. The number of likely N-dealkylation sites (tertiary alicyclic amines) is 1. The van der Waals surface area contributed by atoms with E-state index < -0.39 is 23.4 Å². The fourth-order valence-corrected chi connectivity index (χ4v) is 2.74. The van der Waals surface area contributed by atoms with Crippen LogP contribution in [0.1, 0.15) is 17.9 Å². The van der Waals surface area contributed by atoms with E-state index in [2.05, 4.69) is 4.98 Å². The molecular formula is C14H11ClF3N3O. The molecule has 1 atom stereocenters. The lowest BCUT2D eigenvalue weighted by atomic mass is 9.97. The Balaban J connectivity index is 1.80. The van der Waals surface area contributed by atoms with Gasteiger partial charge in [-0.2, -0.15) is 0 Å². The molecule has 22 heavy (non-hydrogen) atoms. The third-order valence-electron chi connectivity index (χ3n) is 3.71. The van der Waals surface area contributed by atoms with Crippen molar-refractivity contribution in [2.45, 2.75) is 19.0 Å². The number of imidazole rings is 1. The van der Waals surface area contributed by atoms with Gasteiger partial charge in [0.2, 0.25) is 11.2 Å². The molecule has 0 spiro atoms. The number of benzene rings is 1. The highest BCUT2D eigenvalue weighted by atomic mass is 35.5. The molecule has 0 radical (unpaired) electrons. The van der Waals surface area contributed by atoms with E-state index in [1.807, 2.05) is 0 Å². The van der Waals surface area contributed by atoms with Crippen LogP contribution >= 0.6 is 11.6 Å². The maximum absolute atomic E-state index is 13.8. The Labute approximate surface area is 129 Å². The van der Waals surface area contributed by atoms with E-state index in [4.69, 9.17) is 11.6 Å². The van der Waals surface area contributed by atoms with E-state index in [1.165, 1.54) is 17.2 Å². The summed E-state index contributed by atoms with van der Waals surface area (Å²) < 4.78 is 41.7. The predicted molar refractivity (Wildman–Crippen MR) is 72.6 cm³/mol. The van der Waals surface area contributed by atoms with Crippen molar-refractivity contribution in [3.05, 3.63) is 52.8 Å². The summed E-state index contributed by atoms with van der Waals surface area (Å²) in [5.41, 5.74) is 0.00600. The monoisotopic (exact) mass is 329 g/mol. The summed E-state index contributed by atoms with van der Waals surface area (Å²) in [6, 6.07) is 2.05. The van der Waals surface area contributed by atoms with Crippen molar-refractivity contribution in [1.29, 1.82) is 0 Å². The number of nitrogens with zero attached hydrogens (tertiary/aromatic N) is 3. The van der Waals surface area contributed by atoms with Crippen LogP contribution < -0.4 is 0 Å². The van der Waals surface area contributed by atoms with Gasteiger partial charge in [0.05, 0.1) is 6.67 Å². The van der Waals surface area contributed by atoms with Gasteiger partial charge in [-0.1, -0.05) is 6.07 Å². The van der Waals surface area contributed by atoms with E-state index in [0.717, 1.165) is 6.07 Å². The van der Waals surface area contributed by atoms with Crippen LogP contribution in [0.5, 0.6) is 0 Å². The van der Waals surface area contributed by atoms with Gasteiger partial charge in [0, 0.05) is 31.3 Å². The van der Waals surface area contributed by atoms with Gasteiger partial charge in [0.1, 0.15) is 0 Å².